The molecule has 5 nitrogen and oxygen atoms in total. The van der Waals surface area contributed by atoms with Crippen molar-refractivity contribution in [3.8, 4) is 0 Å². The molecule has 0 bridgehead atoms. The average Bonchev–Trinajstić information content (AvgIpc) is 2.94. The molecular weight excluding hydrogens is 301 g/mol. The topological polar surface area (TPSA) is 58.6 Å². The summed E-state index contributed by atoms with van der Waals surface area (Å²) in [5, 5.41) is 2.81. The number of hydrogen-bond acceptors (Lipinski definition) is 3. The summed E-state index contributed by atoms with van der Waals surface area (Å²) in [6.07, 6.45) is -2.41. The van der Waals surface area contributed by atoms with Gasteiger partial charge in [-0.3, -0.25) is 4.79 Å². The van der Waals surface area contributed by atoms with Crippen LogP contribution in [0.1, 0.15) is 32.1 Å². The van der Waals surface area contributed by atoms with Gasteiger partial charge in [0.05, 0.1) is 18.9 Å². The number of ether oxygens (including phenoxy) is 1. The average molecular weight is 322 g/mol. The van der Waals surface area contributed by atoms with Gasteiger partial charge >= 0.3 is 18.2 Å². The van der Waals surface area contributed by atoms with Crippen LogP contribution >= 0.6 is 0 Å². The molecule has 2 aliphatic rings. The van der Waals surface area contributed by atoms with Crippen molar-refractivity contribution in [2.45, 2.75) is 44.3 Å². The molecule has 2 fully saturated rings. The molecule has 1 aliphatic carbocycles. The fourth-order valence-corrected chi connectivity index (χ4v) is 3.17. The van der Waals surface area contributed by atoms with Crippen LogP contribution in [0.3, 0.4) is 0 Å². The number of esters is 1. The molecule has 1 heterocycles. The SMILES string of the molecule is COC(=O)[C@H]1CC[C@@H](NC(=O)N2CCC(C(F)(F)F)CC2)C1. The first-order valence-electron chi connectivity index (χ1n) is 7.51. The van der Waals surface area contributed by atoms with Crippen molar-refractivity contribution >= 4 is 12.0 Å². The number of carbonyl (C=O) groups is 2. The van der Waals surface area contributed by atoms with Crippen molar-refractivity contribution in [1.82, 2.24) is 10.2 Å². The van der Waals surface area contributed by atoms with Crippen LogP contribution < -0.4 is 5.32 Å². The van der Waals surface area contributed by atoms with Crippen LogP contribution in [0.25, 0.3) is 0 Å². The van der Waals surface area contributed by atoms with E-state index in [9.17, 15) is 22.8 Å². The third kappa shape index (κ3) is 4.04. The van der Waals surface area contributed by atoms with Crippen LogP contribution in [0.4, 0.5) is 18.0 Å². The molecule has 0 unspecified atom stereocenters. The molecular formula is C14H21F3N2O3. The van der Waals surface area contributed by atoms with Crippen LogP contribution in [-0.2, 0) is 9.53 Å². The molecule has 2 rings (SSSR count). The van der Waals surface area contributed by atoms with Gasteiger partial charge in [0.25, 0.3) is 0 Å². The first-order valence-corrected chi connectivity index (χ1v) is 7.51. The van der Waals surface area contributed by atoms with Gasteiger partial charge in [-0.25, -0.2) is 4.79 Å². The van der Waals surface area contributed by atoms with Gasteiger partial charge in [-0.2, -0.15) is 13.2 Å². The first kappa shape index (κ1) is 16.9. The van der Waals surface area contributed by atoms with Gasteiger partial charge in [-0.15, -0.1) is 0 Å². The van der Waals surface area contributed by atoms with Gasteiger partial charge in [0.1, 0.15) is 0 Å². The number of hydrogen-bond donors (Lipinski definition) is 1. The highest BCUT2D eigenvalue weighted by atomic mass is 19.4. The minimum atomic E-state index is -4.18. The van der Waals surface area contributed by atoms with Crippen LogP contribution in [-0.4, -0.2) is 49.3 Å². The number of carbonyl (C=O) groups excluding carboxylic acids is 2. The Morgan fingerprint density at radius 1 is 1.14 bits per heavy atom. The highest BCUT2D eigenvalue weighted by molar-refractivity contribution is 5.75. The van der Waals surface area contributed by atoms with E-state index in [0.29, 0.717) is 19.3 Å². The van der Waals surface area contributed by atoms with Gasteiger partial charge in [0.2, 0.25) is 0 Å². The van der Waals surface area contributed by atoms with Crippen molar-refractivity contribution in [1.29, 1.82) is 0 Å². The zero-order valence-electron chi connectivity index (χ0n) is 12.5. The Balaban J connectivity index is 1.76. The standard InChI is InChI=1S/C14H21F3N2O3/c1-22-12(20)9-2-3-11(8-9)18-13(21)19-6-4-10(5-7-19)14(15,16)17/h9-11H,2-8H2,1H3,(H,18,21)/t9-,11+/m0/s1. The summed E-state index contributed by atoms with van der Waals surface area (Å²) >= 11 is 0. The number of rotatable bonds is 2. The van der Waals surface area contributed by atoms with Crippen molar-refractivity contribution in [2.24, 2.45) is 11.8 Å². The van der Waals surface area contributed by atoms with Gasteiger partial charge in [-0.1, -0.05) is 0 Å². The Morgan fingerprint density at radius 3 is 2.32 bits per heavy atom. The van der Waals surface area contributed by atoms with Crippen LogP contribution in [0.2, 0.25) is 0 Å². The summed E-state index contributed by atoms with van der Waals surface area (Å²) in [4.78, 5) is 24.9. The second-order valence-electron chi connectivity index (χ2n) is 5.98. The lowest BCUT2D eigenvalue weighted by molar-refractivity contribution is -0.183. The second-order valence-corrected chi connectivity index (χ2v) is 5.98. The molecule has 0 radical (unpaired) electrons. The minimum absolute atomic E-state index is 0.0492. The molecule has 0 aromatic heterocycles. The van der Waals surface area contributed by atoms with E-state index in [1.807, 2.05) is 0 Å². The van der Waals surface area contributed by atoms with E-state index in [1.54, 1.807) is 0 Å². The van der Waals surface area contributed by atoms with Gasteiger partial charge in [0, 0.05) is 19.1 Å². The number of amides is 2. The molecule has 0 aromatic carbocycles. The highest BCUT2D eigenvalue weighted by Gasteiger charge is 2.42. The molecule has 2 atom stereocenters. The van der Waals surface area contributed by atoms with Gasteiger partial charge < -0.3 is 15.0 Å². The number of nitrogens with one attached hydrogen (secondary N) is 1. The number of piperidine rings is 1. The number of halogens is 3. The number of methoxy groups -OCH3 is 1. The number of likely N-dealkylation sites (tertiary alicyclic amines) is 1. The first-order chi connectivity index (χ1) is 10.3. The molecule has 1 saturated heterocycles. The Labute approximate surface area is 127 Å². The second kappa shape index (κ2) is 6.75. The molecule has 1 N–H and O–H groups in total. The van der Waals surface area contributed by atoms with Crippen molar-refractivity contribution in [3.05, 3.63) is 0 Å². The lowest BCUT2D eigenvalue weighted by Crippen LogP contribution is -2.48. The number of alkyl halides is 3. The van der Waals surface area contributed by atoms with E-state index in [2.05, 4.69) is 10.1 Å². The van der Waals surface area contributed by atoms with Gasteiger partial charge in [-0.05, 0) is 32.1 Å². The molecule has 22 heavy (non-hydrogen) atoms. The van der Waals surface area contributed by atoms with Crippen LogP contribution in [0.5, 0.6) is 0 Å². The van der Waals surface area contributed by atoms with Crippen LogP contribution in [0, 0.1) is 11.8 Å². The maximum atomic E-state index is 12.6. The molecule has 1 aliphatic heterocycles. The smallest absolute Gasteiger partial charge is 0.391 e. The Kier molecular flexibility index (Phi) is 5.18. The summed E-state index contributed by atoms with van der Waals surface area (Å²) in [7, 11) is 1.33. The number of nitrogens with zero attached hydrogens (tertiary/aromatic N) is 1. The maximum absolute atomic E-state index is 12.6. The summed E-state index contributed by atoms with van der Waals surface area (Å²) < 4.78 is 42.4. The minimum Gasteiger partial charge on any atom is -0.469 e. The monoisotopic (exact) mass is 322 g/mol. The van der Waals surface area contributed by atoms with E-state index in [1.165, 1.54) is 12.0 Å². The van der Waals surface area contributed by atoms with E-state index in [0.717, 1.165) is 0 Å². The normalized spacial score (nSPS) is 26.8. The predicted octanol–water partition coefficient (Wildman–Crippen LogP) is 2.31. The summed E-state index contributed by atoms with van der Waals surface area (Å²) in [6.45, 7) is 0.228. The summed E-state index contributed by atoms with van der Waals surface area (Å²) in [5.41, 5.74) is 0. The van der Waals surface area contributed by atoms with E-state index >= 15 is 0 Å². The van der Waals surface area contributed by atoms with Crippen LogP contribution in [0.15, 0.2) is 0 Å². The number of urea groups is 1. The quantitative estimate of drug-likeness (QED) is 0.794. The lowest BCUT2D eigenvalue weighted by Gasteiger charge is -2.33. The van der Waals surface area contributed by atoms with Crippen molar-refractivity contribution < 1.29 is 27.5 Å². The fraction of sp³-hybridized carbons (Fsp3) is 0.857. The lowest BCUT2D eigenvalue weighted by atomic mass is 9.96. The third-order valence-electron chi connectivity index (χ3n) is 4.54. The molecule has 0 aromatic rings. The molecule has 2 amide bonds. The third-order valence-corrected chi connectivity index (χ3v) is 4.54. The summed E-state index contributed by atoms with van der Waals surface area (Å²) in [6, 6.07) is -0.451. The molecule has 8 heteroatoms. The van der Waals surface area contributed by atoms with Crippen molar-refractivity contribution in [2.75, 3.05) is 20.2 Å². The highest BCUT2D eigenvalue weighted by Crippen LogP contribution is 2.34. The largest absolute Gasteiger partial charge is 0.469 e. The molecule has 0 spiro atoms. The van der Waals surface area contributed by atoms with Gasteiger partial charge in [0.15, 0.2) is 0 Å². The predicted molar refractivity (Wildman–Crippen MR) is 72.0 cm³/mol. The maximum Gasteiger partial charge on any atom is 0.391 e. The zero-order chi connectivity index (χ0) is 16.3. The molecule has 1 saturated carbocycles. The van der Waals surface area contributed by atoms with E-state index < -0.39 is 12.1 Å². The Bertz CT molecular complexity index is 420. The Morgan fingerprint density at radius 2 is 1.77 bits per heavy atom. The molecule has 126 valence electrons. The van der Waals surface area contributed by atoms with E-state index in [4.69, 9.17) is 0 Å². The Hall–Kier alpha value is -1.47. The van der Waals surface area contributed by atoms with Crippen molar-refractivity contribution in [3.63, 3.8) is 0 Å². The van der Waals surface area contributed by atoms with E-state index in [-0.39, 0.29) is 49.9 Å². The summed E-state index contributed by atoms with van der Waals surface area (Å²) in [5.74, 6) is -1.79. The zero-order valence-corrected chi connectivity index (χ0v) is 12.5. The fourth-order valence-electron chi connectivity index (χ4n) is 3.17.